The molecule has 0 atom stereocenters. The van der Waals surface area contributed by atoms with Crippen molar-refractivity contribution >= 4 is 17.8 Å². The van der Waals surface area contributed by atoms with E-state index in [0.717, 1.165) is 30.6 Å². The van der Waals surface area contributed by atoms with E-state index in [1.807, 2.05) is 58.9 Å². The fourth-order valence-corrected chi connectivity index (χ4v) is 4.12. The quantitative estimate of drug-likeness (QED) is 0.112. The summed E-state index contributed by atoms with van der Waals surface area (Å²) in [6.45, 7) is 12.9. The molecule has 9 nitrogen and oxygen atoms in total. The van der Waals surface area contributed by atoms with Crippen molar-refractivity contribution in [3.63, 3.8) is 0 Å². The first-order chi connectivity index (χ1) is 19.2. The summed E-state index contributed by atoms with van der Waals surface area (Å²) in [5, 5.41) is 7.82. The van der Waals surface area contributed by atoms with Crippen molar-refractivity contribution in [3.8, 4) is 17.2 Å². The summed E-state index contributed by atoms with van der Waals surface area (Å²) in [4.78, 5) is 27.0. The van der Waals surface area contributed by atoms with Crippen molar-refractivity contribution in [2.24, 2.45) is 0 Å². The van der Waals surface area contributed by atoms with E-state index in [-0.39, 0.29) is 42.9 Å². The maximum Gasteiger partial charge on any atom is 0.344 e. The van der Waals surface area contributed by atoms with Crippen LogP contribution in [0.5, 0.6) is 17.2 Å². The molecule has 0 spiro atoms. The molecule has 0 fully saturated rings. The molecule has 0 saturated heterocycles. The van der Waals surface area contributed by atoms with Crippen LogP contribution in [-0.2, 0) is 14.3 Å². The van der Waals surface area contributed by atoms with Crippen LogP contribution in [0, 0.1) is 5.41 Å². The molecular weight excluding hydrogens is 512 g/mol. The summed E-state index contributed by atoms with van der Waals surface area (Å²) in [6.07, 6.45) is 2.59. The topological polar surface area (TPSA) is 107 Å². The van der Waals surface area contributed by atoms with E-state index in [1.165, 1.54) is 0 Å². The Morgan fingerprint density at radius 1 is 0.775 bits per heavy atom. The molecule has 0 aromatic heterocycles. The second-order valence-electron chi connectivity index (χ2n) is 9.70. The third-order valence-corrected chi connectivity index (χ3v) is 5.91. The van der Waals surface area contributed by atoms with Crippen molar-refractivity contribution < 1.29 is 33.3 Å². The zero-order chi connectivity index (χ0) is 29.5. The van der Waals surface area contributed by atoms with Gasteiger partial charge in [0, 0.05) is 23.7 Å². The van der Waals surface area contributed by atoms with Crippen LogP contribution in [0.25, 0.3) is 0 Å². The number of benzene rings is 2. The number of nitrogens with zero attached hydrogens (tertiary/aromatic N) is 1. The molecule has 0 aliphatic carbocycles. The number of carbonyl (C=O) groups excluding carboxylic acids is 2. The highest BCUT2D eigenvalue weighted by Gasteiger charge is 2.25. The SMILES string of the molecule is CCOC(=N)c1ccc(OCCCCCOc2ccc(C(=O)N(C(C)C)C(C)C)c(OCC(=O)OCC)c2)cc1. The zero-order valence-electron chi connectivity index (χ0n) is 24.7. The Hall–Kier alpha value is -3.75. The molecule has 40 heavy (non-hydrogen) atoms. The Morgan fingerprint density at radius 3 is 1.93 bits per heavy atom. The highest BCUT2D eigenvalue weighted by atomic mass is 16.6. The lowest BCUT2D eigenvalue weighted by Gasteiger charge is -2.31. The number of hydrogen-bond acceptors (Lipinski definition) is 8. The summed E-state index contributed by atoms with van der Waals surface area (Å²) in [7, 11) is 0. The molecule has 2 rings (SSSR count). The molecule has 0 aliphatic rings. The number of carbonyl (C=O) groups is 2. The minimum atomic E-state index is -0.500. The fourth-order valence-electron chi connectivity index (χ4n) is 4.12. The van der Waals surface area contributed by atoms with E-state index in [1.54, 1.807) is 30.0 Å². The first-order valence-corrected chi connectivity index (χ1v) is 14.0. The van der Waals surface area contributed by atoms with Crippen molar-refractivity contribution in [2.75, 3.05) is 33.0 Å². The molecule has 1 amide bonds. The number of esters is 1. The second kappa shape index (κ2) is 17.0. The van der Waals surface area contributed by atoms with Crippen LogP contribution in [0.4, 0.5) is 0 Å². The number of ether oxygens (including phenoxy) is 5. The molecule has 220 valence electrons. The van der Waals surface area contributed by atoms with Gasteiger partial charge in [0.2, 0.25) is 5.90 Å². The molecule has 9 heteroatoms. The van der Waals surface area contributed by atoms with Crippen LogP contribution in [0.15, 0.2) is 42.5 Å². The van der Waals surface area contributed by atoms with Crippen LogP contribution in [0.3, 0.4) is 0 Å². The van der Waals surface area contributed by atoms with Gasteiger partial charge in [-0.15, -0.1) is 0 Å². The van der Waals surface area contributed by atoms with Gasteiger partial charge in [-0.1, -0.05) is 0 Å². The van der Waals surface area contributed by atoms with E-state index < -0.39 is 5.97 Å². The zero-order valence-corrected chi connectivity index (χ0v) is 24.7. The van der Waals surface area contributed by atoms with Crippen LogP contribution >= 0.6 is 0 Å². The highest BCUT2D eigenvalue weighted by molar-refractivity contribution is 5.97. The Bertz CT molecular complexity index is 1080. The Labute approximate surface area is 238 Å². The van der Waals surface area contributed by atoms with Gasteiger partial charge in [0.1, 0.15) is 17.2 Å². The molecule has 0 saturated carbocycles. The molecule has 0 bridgehead atoms. The summed E-state index contributed by atoms with van der Waals surface area (Å²) < 4.78 is 27.6. The van der Waals surface area contributed by atoms with Gasteiger partial charge >= 0.3 is 5.97 Å². The van der Waals surface area contributed by atoms with Crippen LogP contribution < -0.4 is 14.2 Å². The van der Waals surface area contributed by atoms with Gasteiger partial charge in [-0.05, 0) is 97.2 Å². The minimum absolute atomic E-state index is 0.000304. The lowest BCUT2D eigenvalue weighted by atomic mass is 10.1. The van der Waals surface area contributed by atoms with Gasteiger partial charge in [-0.2, -0.15) is 0 Å². The van der Waals surface area contributed by atoms with Crippen molar-refractivity contribution in [1.29, 1.82) is 5.41 Å². The van der Waals surface area contributed by atoms with Gasteiger partial charge in [0.05, 0.1) is 32.0 Å². The molecule has 0 heterocycles. The average molecular weight is 557 g/mol. The van der Waals surface area contributed by atoms with Crippen LogP contribution in [0.1, 0.15) is 76.7 Å². The van der Waals surface area contributed by atoms with E-state index in [4.69, 9.17) is 29.1 Å². The summed E-state index contributed by atoms with van der Waals surface area (Å²) in [6, 6.07) is 12.4. The Kier molecular flexibility index (Phi) is 13.8. The van der Waals surface area contributed by atoms with Crippen molar-refractivity contribution in [1.82, 2.24) is 4.90 Å². The van der Waals surface area contributed by atoms with Gasteiger partial charge in [-0.3, -0.25) is 10.2 Å². The van der Waals surface area contributed by atoms with Crippen molar-refractivity contribution in [3.05, 3.63) is 53.6 Å². The van der Waals surface area contributed by atoms with Gasteiger partial charge in [0.25, 0.3) is 5.91 Å². The summed E-state index contributed by atoms with van der Waals surface area (Å²) in [5.41, 5.74) is 1.09. The third-order valence-electron chi connectivity index (χ3n) is 5.91. The lowest BCUT2D eigenvalue weighted by molar-refractivity contribution is -0.145. The first kappa shape index (κ1) is 32.5. The fraction of sp³-hybridized carbons (Fsp3) is 0.516. The molecule has 2 aromatic carbocycles. The lowest BCUT2D eigenvalue weighted by Crippen LogP contribution is -2.42. The van der Waals surface area contributed by atoms with E-state index in [2.05, 4.69) is 0 Å². The van der Waals surface area contributed by atoms with E-state index in [9.17, 15) is 9.59 Å². The number of rotatable bonds is 17. The van der Waals surface area contributed by atoms with Crippen LogP contribution in [-0.4, -0.2) is 67.8 Å². The van der Waals surface area contributed by atoms with Crippen molar-refractivity contribution in [2.45, 2.75) is 72.9 Å². The average Bonchev–Trinajstić information content (AvgIpc) is 2.91. The number of unbranched alkanes of at least 4 members (excludes halogenated alkanes) is 2. The normalized spacial score (nSPS) is 10.8. The van der Waals surface area contributed by atoms with Crippen LogP contribution in [0.2, 0.25) is 0 Å². The third kappa shape index (κ3) is 10.4. The molecule has 1 N–H and O–H groups in total. The number of amides is 1. The molecule has 0 aliphatic heterocycles. The number of hydrogen-bond donors (Lipinski definition) is 1. The summed E-state index contributed by atoms with van der Waals surface area (Å²) >= 11 is 0. The van der Waals surface area contributed by atoms with Gasteiger partial charge < -0.3 is 28.6 Å². The maximum absolute atomic E-state index is 13.3. The smallest absolute Gasteiger partial charge is 0.344 e. The monoisotopic (exact) mass is 556 g/mol. The maximum atomic E-state index is 13.3. The Morgan fingerprint density at radius 2 is 1.35 bits per heavy atom. The largest absolute Gasteiger partial charge is 0.494 e. The highest BCUT2D eigenvalue weighted by Crippen LogP contribution is 2.28. The molecule has 0 unspecified atom stereocenters. The first-order valence-electron chi connectivity index (χ1n) is 14.0. The van der Waals surface area contributed by atoms with Gasteiger partial charge in [0.15, 0.2) is 6.61 Å². The summed E-state index contributed by atoms with van der Waals surface area (Å²) in [5.74, 6) is 1.09. The minimum Gasteiger partial charge on any atom is -0.494 e. The van der Waals surface area contributed by atoms with E-state index in [0.29, 0.717) is 31.1 Å². The molecule has 2 aromatic rings. The Balaban J connectivity index is 1.89. The molecular formula is C31H44N2O7. The predicted molar refractivity (Wildman–Crippen MR) is 155 cm³/mol. The standard InChI is InChI=1S/C31H44N2O7/c1-7-36-29(34)21-40-28-20-26(16-17-27(28)31(35)33(22(3)4)23(5)6)39-19-11-9-10-18-38-25-14-12-24(13-15-25)30(32)37-8-2/h12-17,20,22-23,32H,7-11,18-19,21H2,1-6H3. The predicted octanol–water partition coefficient (Wildman–Crippen LogP) is 5.88. The van der Waals surface area contributed by atoms with E-state index >= 15 is 0 Å². The molecule has 0 radical (unpaired) electrons. The van der Waals surface area contributed by atoms with Gasteiger partial charge in [-0.25, -0.2) is 4.79 Å². The number of nitrogens with one attached hydrogen (secondary N) is 1. The second-order valence-corrected chi connectivity index (χ2v) is 9.70.